The minimum absolute atomic E-state index is 0.558. The number of nitrogens with one attached hydrogen (secondary N) is 1. The van der Waals surface area contributed by atoms with Gasteiger partial charge in [0.15, 0.2) is 0 Å². The predicted molar refractivity (Wildman–Crippen MR) is 64.1 cm³/mol. The average Bonchev–Trinajstić information content (AvgIpc) is 2.59. The smallest absolute Gasteiger partial charge is 0.0345 e. The summed E-state index contributed by atoms with van der Waals surface area (Å²) in [4.78, 5) is 1.47. The summed E-state index contributed by atoms with van der Waals surface area (Å²) in [5.41, 5.74) is 0. The molecular weight excluding hydrogens is 190 g/mol. The predicted octanol–water partition coefficient (Wildman–Crippen LogP) is 3.05. The highest BCUT2D eigenvalue weighted by Crippen LogP contribution is 2.25. The third-order valence-corrected chi connectivity index (χ3v) is 3.62. The van der Waals surface area contributed by atoms with Crippen molar-refractivity contribution < 1.29 is 0 Å². The van der Waals surface area contributed by atoms with Gasteiger partial charge in [0, 0.05) is 15.6 Å². The number of thiophene rings is 1. The molecule has 1 N–H and O–H groups in total. The Morgan fingerprint density at radius 3 is 2.86 bits per heavy atom. The van der Waals surface area contributed by atoms with Gasteiger partial charge in [0.1, 0.15) is 0 Å². The van der Waals surface area contributed by atoms with Crippen molar-refractivity contribution in [3.63, 3.8) is 0 Å². The lowest BCUT2D eigenvalue weighted by molar-refractivity contribution is 0.613. The number of likely N-dealkylation sites (N-methyl/N-ethyl adjacent to an activating group) is 1. The molecule has 0 saturated carbocycles. The Labute approximate surface area is 88.8 Å². The highest BCUT2D eigenvalue weighted by Gasteiger charge is 2.04. The second-order valence-corrected chi connectivity index (χ2v) is 4.81. The lowest BCUT2D eigenvalue weighted by Gasteiger charge is -2.06. The SMILES string of the molecule is CNC(C)Cc1cc2ccccc2s1. The summed E-state index contributed by atoms with van der Waals surface area (Å²) < 4.78 is 1.39. The molecular formula is C12H15NS. The van der Waals surface area contributed by atoms with Crippen LogP contribution in [0.15, 0.2) is 30.3 Å². The molecule has 1 unspecified atom stereocenters. The highest BCUT2D eigenvalue weighted by molar-refractivity contribution is 7.19. The molecule has 2 aromatic rings. The average molecular weight is 205 g/mol. The van der Waals surface area contributed by atoms with Gasteiger partial charge in [0.2, 0.25) is 0 Å². The minimum atomic E-state index is 0.558. The maximum Gasteiger partial charge on any atom is 0.0345 e. The number of hydrogen-bond donors (Lipinski definition) is 1. The Morgan fingerprint density at radius 2 is 2.14 bits per heavy atom. The van der Waals surface area contributed by atoms with Crippen LogP contribution in [0.4, 0.5) is 0 Å². The van der Waals surface area contributed by atoms with Crippen molar-refractivity contribution >= 4 is 21.4 Å². The molecule has 0 saturated heterocycles. The van der Waals surface area contributed by atoms with Crippen LogP contribution < -0.4 is 5.32 Å². The van der Waals surface area contributed by atoms with E-state index in [0.29, 0.717) is 6.04 Å². The standard InChI is InChI=1S/C12H15NS/c1-9(13-2)7-11-8-10-5-3-4-6-12(10)14-11/h3-6,8-9,13H,7H2,1-2H3. The van der Waals surface area contributed by atoms with Gasteiger partial charge in [-0.25, -0.2) is 0 Å². The van der Waals surface area contributed by atoms with E-state index in [1.54, 1.807) is 0 Å². The van der Waals surface area contributed by atoms with Gasteiger partial charge in [0.25, 0.3) is 0 Å². The van der Waals surface area contributed by atoms with E-state index in [1.165, 1.54) is 15.0 Å². The molecule has 14 heavy (non-hydrogen) atoms. The first kappa shape index (κ1) is 9.69. The molecule has 0 aliphatic rings. The molecule has 1 aromatic carbocycles. The van der Waals surface area contributed by atoms with Crippen molar-refractivity contribution in [2.75, 3.05) is 7.05 Å². The fourth-order valence-electron chi connectivity index (χ4n) is 1.54. The maximum atomic E-state index is 3.26. The van der Waals surface area contributed by atoms with Gasteiger partial charge < -0.3 is 5.32 Å². The van der Waals surface area contributed by atoms with Crippen LogP contribution in [0.1, 0.15) is 11.8 Å². The summed E-state index contributed by atoms with van der Waals surface area (Å²) >= 11 is 1.90. The van der Waals surface area contributed by atoms with Crippen molar-refractivity contribution in [3.8, 4) is 0 Å². The Balaban J connectivity index is 2.27. The Hall–Kier alpha value is -0.860. The monoisotopic (exact) mass is 205 g/mol. The fraction of sp³-hybridized carbons (Fsp3) is 0.333. The lowest BCUT2D eigenvalue weighted by atomic mass is 10.2. The van der Waals surface area contributed by atoms with E-state index in [-0.39, 0.29) is 0 Å². The van der Waals surface area contributed by atoms with Crippen LogP contribution in [0, 0.1) is 0 Å². The van der Waals surface area contributed by atoms with Crippen LogP contribution >= 0.6 is 11.3 Å². The summed E-state index contributed by atoms with van der Waals surface area (Å²) in [5, 5.41) is 4.64. The molecule has 74 valence electrons. The maximum absolute atomic E-state index is 3.26. The Morgan fingerprint density at radius 1 is 1.36 bits per heavy atom. The van der Waals surface area contributed by atoms with E-state index in [0.717, 1.165) is 6.42 Å². The normalized spacial score (nSPS) is 13.3. The minimum Gasteiger partial charge on any atom is -0.317 e. The third-order valence-electron chi connectivity index (χ3n) is 2.48. The molecule has 1 nitrogen and oxygen atoms in total. The molecule has 0 fully saturated rings. The van der Waals surface area contributed by atoms with Gasteiger partial charge >= 0.3 is 0 Å². The van der Waals surface area contributed by atoms with Crippen molar-refractivity contribution in [2.24, 2.45) is 0 Å². The van der Waals surface area contributed by atoms with Crippen LogP contribution in [-0.4, -0.2) is 13.1 Å². The summed E-state index contributed by atoms with van der Waals surface area (Å²) in [6.45, 7) is 2.21. The largest absolute Gasteiger partial charge is 0.317 e. The van der Waals surface area contributed by atoms with Gasteiger partial charge in [-0.2, -0.15) is 0 Å². The first-order valence-corrected chi connectivity index (χ1v) is 5.76. The topological polar surface area (TPSA) is 12.0 Å². The summed E-state index contributed by atoms with van der Waals surface area (Å²) in [7, 11) is 2.01. The lowest BCUT2D eigenvalue weighted by Crippen LogP contribution is -2.22. The number of rotatable bonds is 3. The van der Waals surface area contributed by atoms with Gasteiger partial charge in [-0.3, -0.25) is 0 Å². The zero-order valence-corrected chi connectivity index (χ0v) is 9.40. The van der Waals surface area contributed by atoms with E-state index >= 15 is 0 Å². The number of fused-ring (bicyclic) bond motifs is 1. The molecule has 1 atom stereocenters. The second-order valence-electron chi connectivity index (χ2n) is 3.64. The fourth-order valence-corrected chi connectivity index (χ4v) is 2.73. The van der Waals surface area contributed by atoms with E-state index in [4.69, 9.17) is 0 Å². The third kappa shape index (κ3) is 1.97. The van der Waals surface area contributed by atoms with Gasteiger partial charge in [0.05, 0.1) is 0 Å². The highest BCUT2D eigenvalue weighted by atomic mass is 32.1. The molecule has 1 heterocycles. The summed E-state index contributed by atoms with van der Waals surface area (Å²) in [5.74, 6) is 0. The molecule has 2 heteroatoms. The molecule has 0 aliphatic heterocycles. The zero-order chi connectivity index (χ0) is 9.97. The quantitative estimate of drug-likeness (QED) is 0.812. The van der Waals surface area contributed by atoms with E-state index in [2.05, 4.69) is 42.6 Å². The number of hydrogen-bond acceptors (Lipinski definition) is 2. The molecule has 0 amide bonds. The molecule has 0 radical (unpaired) electrons. The van der Waals surface area contributed by atoms with Crippen molar-refractivity contribution in [1.29, 1.82) is 0 Å². The molecule has 0 spiro atoms. The Bertz CT molecular complexity index is 386. The van der Waals surface area contributed by atoms with E-state index < -0.39 is 0 Å². The van der Waals surface area contributed by atoms with E-state index in [1.807, 2.05) is 18.4 Å². The van der Waals surface area contributed by atoms with Crippen molar-refractivity contribution in [2.45, 2.75) is 19.4 Å². The van der Waals surface area contributed by atoms with Crippen LogP contribution in [0.2, 0.25) is 0 Å². The van der Waals surface area contributed by atoms with Gasteiger partial charge in [-0.1, -0.05) is 18.2 Å². The van der Waals surface area contributed by atoms with E-state index in [9.17, 15) is 0 Å². The molecule has 0 bridgehead atoms. The zero-order valence-electron chi connectivity index (χ0n) is 8.58. The van der Waals surface area contributed by atoms with Gasteiger partial charge in [-0.05, 0) is 37.9 Å². The van der Waals surface area contributed by atoms with Crippen molar-refractivity contribution in [3.05, 3.63) is 35.2 Å². The molecule has 2 rings (SSSR count). The summed E-state index contributed by atoms with van der Waals surface area (Å²) in [6, 6.07) is 11.4. The first-order valence-electron chi connectivity index (χ1n) is 4.94. The van der Waals surface area contributed by atoms with Crippen LogP contribution in [0.5, 0.6) is 0 Å². The molecule has 0 aliphatic carbocycles. The first-order chi connectivity index (χ1) is 6.79. The summed E-state index contributed by atoms with van der Waals surface area (Å²) in [6.07, 6.45) is 1.12. The van der Waals surface area contributed by atoms with Crippen LogP contribution in [-0.2, 0) is 6.42 Å². The van der Waals surface area contributed by atoms with Crippen LogP contribution in [0.25, 0.3) is 10.1 Å². The number of benzene rings is 1. The Kier molecular flexibility index (Phi) is 2.85. The molecule has 1 aromatic heterocycles. The van der Waals surface area contributed by atoms with Gasteiger partial charge in [-0.15, -0.1) is 11.3 Å². The van der Waals surface area contributed by atoms with Crippen LogP contribution in [0.3, 0.4) is 0 Å². The van der Waals surface area contributed by atoms with Crippen molar-refractivity contribution in [1.82, 2.24) is 5.32 Å². The second kappa shape index (κ2) is 4.11.